The van der Waals surface area contributed by atoms with Gasteiger partial charge in [0.25, 0.3) is 0 Å². The molecule has 2 rings (SSSR count). The third-order valence-corrected chi connectivity index (χ3v) is 4.12. The van der Waals surface area contributed by atoms with E-state index in [2.05, 4.69) is 38.1 Å². The van der Waals surface area contributed by atoms with Crippen LogP contribution in [0.4, 0.5) is 0 Å². The predicted octanol–water partition coefficient (Wildman–Crippen LogP) is 3.87. The Kier molecular flexibility index (Phi) is 4.22. The van der Waals surface area contributed by atoms with Crippen molar-refractivity contribution < 1.29 is 0 Å². The first-order chi connectivity index (χ1) is 8.16. The lowest BCUT2D eigenvalue weighted by Crippen LogP contribution is -2.30. The third-order valence-electron chi connectivity index (χ3n) is 4.12. The first-order valence-electron chi connectivity index (χ1n) is 7.01. The molecule has 2 N–H and O–H groups in total. The van der Waals surface area contributed by atoms with Gasteiger partial charge >= 0.3 is 0 Å². The summed E-state index contributed by atoms with van der Waals surface area (Å²) in [4.78, 5) is 0. The van der Waals surface area contributed by atoms with Gasteiger partial charge in [-0.15, -0.1) is 0 Å². The van der Waals surface area contributed by atoms with Gasteiger partial charge in [0.15, 0.2) is 0 Å². The van der Waals surface area contributed by atoms with Crippen molar-refractivity contribution in [3.63, 3.8) is 0 Å². The Hall–Kier alpha value is -0.820. The van der Waals surface area contributed by atoms with Crippen molar-refractivity contribution in [3.8, 4) is 0 Å². The van der Waals surface area contributed by atoms with Crippen molar-refractivity contribution in [1.29, 1.82) is 0 Å². The lowest BCUT2D eigenvalue weighted by molar-refractivity contribution is 0.429. The van der Waals surface area contributed by atoms with Crippen LogP contribution in [0.25, 0.3) is 0 Å². The summed E-state index contributed by atoms with van der Waals surface area (Å²) in [5.41, 5.74) is 9.13. The lowest BCUT2D eigenvalue weighted by atomic mass is 9.92. The number of hydrogen-bond acceptors (Lipinski definition) is 1. The zero-order valence-electron chi connectivity index (χ0n) is 11.2. The van der Waals surface area contributed by atoms with E-state index in [0.717, 1.165) is 12.3 Å². The van der Waals surface area contributed by atoms with Gasteiger partial charge in [-0.05, 0) is 42.2 Å². The van der Waals surface area contributed by atoms with Crippen LogP contribution in [-0.4, -0.2) is 6.04 Å². The maximum atomic E-state index is 6.31. The molecule has 1 atom stereocenters. The molecule has 1 saturated carbocycles. The highest BCUT2D eigenvalue weighted by molar-refractivity contribution is 5.25. The van der Waals surface area contributed by atoms with Crippen LogP contribution in [0.15, 0.2) is 24.3 Å². The Morgan fingerprint density at radius 1 is 1.12 bits per heavy atom. The summed E-state index contributed by atoms with van der Waals surface area (Å²) in [7, 11) is 0. The summed E-state index contributed by atoms with van der Waals surface area (Å²) in [6.07, 6.45) is 6.48. The fourth-order valence-corrected chi connectivity index (χ4v) is 2.86. The molecule has 1 aromatic carbocycles. The number of benzene rings is 1. The number of rotatable bonds is 4. The van der Waals surface area contributed by atoms with Crippen molar-refractivity contribution in [2.45, 2.75) is 57.9 Å². The standard InChI is InChI=1S/C16H25N/c1-12(2)14-9-7-13(8-10-14)11-16(17)15-5-3-4-6-15/h7-10,12,15-16H,3-6,11,17H2,1-2H3. The molecule has 1 nitrogen and oxygen atoms in total. The van der Waals surface area contributed by atoms with Crippen molar-refractivity contribution in [2.75, 3.05) is 0 Å². The van der Waals surface area contributed by atoms with E-state index in [1.807, 2.05) is 0 Å². The van der Waals surface area contributed by atoms with E-state index in [1.54, 1.807) is 0 Å². The highest BCUT2D eigenvalue weighted by Crippen LogP contribution is 2.28. The molecule has 0 heterocycles. The van der Waals surface area contributed by atoms with Crippen molar-refractivity contribution in [1.82, 2.24) is 0 Å². The van der Waals surface area contributed by atoms with Gasteiger partial charge in [-0.1, -0.05) is 51.0 Å². The average Bonchev–Trinajstić information content (AvgIpc) is 2.83. The van der Waals surface area contributed by atoms with Gasteiger partial charge in [-0.25, -0.2) is 0 Å². The Balaban J connectivity index is 1.93. The van der Waals surface area contributed by atoms with Crippen molar-refractivity contribution in [2.24, 2.45) is 11.7 Å². The van der Waals surface area contributed by atoms with Crippen LogP contribution >= 0.6 is 0 Å². The zero-order chi connectivity index (χ0) is 12.3. The molecule has 0 aliphatic heterocycles. The molecule has 0 bridgehead atoms. The molecule has 94 valence electrons. The first-order valence-corrected chi connectivity index (χ1v) is 7.01. The third kappa shape index (κ3) is 3.32. The minimum atomic E-state index is 0.363. The summed E-state index contributed by atoms with van der Waals surface area (Å²) in [5.74, 6) is 1.38. The molecule has 1 aliphatic carbocycles. The van der Waals surface area contributed by atoms with Gasteiger partial charge in [0.1, 0.15) is 0 Å². The average molecular weight is 231 g/mol. The maximum Gasteiger partial charge on any atom is 0.0108 e. The maximum absolute atomic E-state index is 6.31. The quantitative estimate of drug-likeness (QED) is 0.836. The van der Waals surface area contributed by atoms with Crippen LogP contribution < -0.4 is 5.73 Å². The second kappa shape index (κ2) is 5.68. The SMILES string of the molecule is CC(C)c1ccc(CC(N)C2CCCC2)cc1. The van der Waals surface area contributed by atoms with Crippen LogP contribution in [0.3, 0.4) is 0 Å². The topological polar surface area (TPSA) is 26.0 Å². The van der Waals surface area contributed by atoms with E-state index in [0.29, 0.717) is 12.0 Å². The van der Waals surface area contributed by atoms with Gasteiger partial charge in [0.2, 0.25) is 0 Å². The molecule has 0 aromatic heterocycles. The largest absolute Gasteiger partial charge is 0.327 e. The van der Waals surface area contributed by atoms with Gasteiger partial charge in [-0.3, -0.25) is 0 Å². The van der Waals surface area contributed by atoms with Crippen LogP contribution in [-0.2, 0) is 6.42 Å². The van der Waals surface area contributed by atoms with E-state index < -0.39 is 0 Å². The summed E-state index contributed by atoms with van der Waals surface area (Å²) in [5, 5.41) is 0. The molecule has 1 unspecified atom stereocenters. The van der Waals surface area contributed by atoms with Crippen molar-refractivity contribution in [3.05, 3.63) is 35.4 Å². The molecular formula is C16H25N. The molecule has 17 heavy (non-hydrogen) atoms. The first kappa shape index (κ1) is 12.6. The van der Waals surface area contributed by atoms with Gasteiger partial charge in [0, 0.05) is 6.04 Å². The second-order valence-electron chi connectivity index (χ2n) is 5.81. The van der Waals surface area contributed by atoms with E-state index >= 15 is 0 Å². The highest BCUT2D eigenvalue weighted by Gasteiger charge is 2.21. The minimum Gasteiger partial charge on any atom is -0.327 e. The van der Waals surface area contributed by atoms with Gasteiger partial charge in [-0.2, -0.15) is 0 Å². The molecule has 1 heteroatoms. The van der Waals surface area contributed by atoms with E-state index in [1.165, 1.54) is 36.8 Å². The van der Waals surface area contributed by atoms with E-state index in [-0.39, 0.29) is 0 Å². The smallest absolute Gasteiger partial charge is 0.0108 e. The Morgan fingerprint density at radius 3 is 2.24 bits per heavy atom. The molecule has 1 fully saturated rings. The molecule has 0 amide bonds. The van der Waals surface area contributed by atoms with Gasteiger partial charge in [0.05, 0.1) is 0 Å². The Bertz CT molecular complexity index is 333. The number of hydrogen-bond donors (Lipinski definition) is 1. The summed E-state index contributed by atoms with van der Waals surface area (Å²) >= 11 is 0. The van der Waals surface area contributed by atoms with E-state index in [9.17, 15) is 0 Å². The zero-order valence-corrected chi connectivity index (χ0v) is 11.2. The van der Waals surface area contributed by atoms with Crippen LogP contribution in [0.2, 0.25) is 0 Å². The summed E-state index contributed by atoms with van der Waals surface area (Å²) in [6, 6.07) is 9.37. The Labute approximate surface area is 105 Å². The Morgan fingerprint density at radius 2 is 1.71 bits per heavy atom. The van der Waals surface area contributed by atoms with Crippen LogP contribution in [0.5, 0.6) is 0 Å². The molecular weight excluding hydrogens is 206 g/mol. The normalized spacial score (nSPS) is 18.8. The summed E-state index contributed by atoms with van der Waals surface area (Å²) < 4.78 is 0. The molecule has 0 spiro atoms. The lowest BCUT2D eigenvalue weighted by Gasteiger charge is -2.19. The van der Waals surface area contributed by atoms with E-state index in [4.69, 9.17) is 5.73 Å². The van der Waals surface area contributed by atoms with Gasteiger partial charge < -0.3 is 5.73 Å². The number of nitrogens with two attached hydrogens (primary N) is 1. The molecule has 0 radical (unpaired) electrons. The van der Waals surface area contributed by atoms with Crippen molar-refractivity contribution >= 4 is 0 Å². The minimum absolute atomic E-state index is 0.363. The highest BCUT2D eigenvalue weighted by atomic mass is 14.7. The summed E-state index contributed by atoms with van der Waals surface area (Å²) in [6.45, 7) is 4.47. The fourth-order valence-electron chi connectivity index (χ4n) is 2.86. The second-order valence-corrected chi connectivity index (χ2v) is 5.81. The monoisotopic (exact) mass is 231 g/mol. The fraction of sp³-hybridized carbons (Fsp3) is 0.625. The molecule has 0 saturated heterocycles. The molecule has 1 aliphatic rings. The molecule has 1 aromatic rings. The van der Waals surface area contributed by atoms with Crippen LogP contribution in [0, 0.1) is 5.92 Å². The predicted molar refractivity (Wildman–Crippen MR) is 74.2 cm³/mol. The van der Waals surface area contributed by atoms with Crippen LogP contribution in [0.1, 0.15) is 56.6 Å².